The molecule has 0 aromatic carbocycles. The standard InChI is InChI=1S/C70H115NO13/c1-3-5-7-9-11-13-15-17-19-21-23-25-27-28-29-30-32-34-36-38-40-42-44-46-48-50-52-54-62(75)71-58(57-81-69-67(80)65(78)68(61(56-73)83-69)84-70-66(79)64(77)63(76)60(55-72)82-70)59(74)53-51-49-47-45-43-41-39-37-35-33-31-26-24-22-20-18-16-14-12-10-8-6-4-2/h5,7,11,13,17,19,23,25,28-29,32,34-35,37-38,40,43-46,51,53,58-61,63-70,72-74,76-80H,3-4,6,8-10,12,14-16,18,20-22,24,26-27,30-31,33,36,39,41-42,47-50,52,54-57H2,1-2H3,(H,71,75)/b7-5-,13-11-,19-17-,25-23-,29-28-,34-32-,37-35+,40-38-,45-43+,46-44-,53-51+. The topological polar surface area (TPSA) is 228 Å². The van der Waals surface area contributed by atoms with Gasteiger partial charge in [0.2, 0.25) is 5.91 Å². The molecule has 0 radical (unpaired) electrons. The number of carbonyl (C=O) groups is 1. The number of aliphatic hydroxyl groups excluding tert-OH is 8. The molecule has 2 heterocycles. The molecule has 14 nitrogen and oxygen atoms in total. The zero-order chi connectivity index (χ0) is 60.9. The van der Waals surface area contributed by atoms with Crippen LogP contribution in [0.15, 0.2) is 134 Å². The molecule has 12 unspecified atom stereocenters. The third-order valence-electron chi connectivity index (χ3n) is 14.8. The van der Waals surface area contributed by atoms with Crippen LogP contribution in [0.2, 0.25) is 0 Å². The summed E-state index contributed by atoms with van der Waals surface area (Å²) in [6.07, 6.45) is 62.1. The number of nitrogens with one attached hydrogen (secondary N) is 1. The molecule has 2 fully saturated rings. The fraction of sp³-hybridized carbons (Fsp3) is 0.671. The van der Waals surface area contributed by atoms with E-state index in [1.807, 2.05) is 6.08 Å². The Morgan fingerprint density at radius 2 is 0.833 bits per heavy atom. The van der Waals surface area contributed by atoms with E-state index in [1.54, 1.807) is 6.08 Å². The average molecular weight is 1180 g/mol. The Hall–Kier alpha value is -3.87. The van der Waals surface area contributed by atoms with Crippen molar-refractivity contribution in [1.29, 1.82) is 0 Å². The number of hydrogen-bond donors (Lipinski definition) is 9. The number of rotatable bonds is 50. The number of ether oxygens (including phenoxy) is 4. The quantitative estimate of drug-likeness (QED) is 0.0204. The lowest BCUT2D eigenvalue weighted by molar-refractivity contribution is -0.359. The molecule has 0 aliphatic carbocycles. The predicted octanol–water partition coefficient (Wildman–Crippen LogP) is 12.3. The molecule has 14 heteroatoms. The highest BCUT2D eigenvalue weighted by Gasteiger charge is 2.51. The van der Waals surface area contributed by atoms with Crippen molar-refractivity contribution in [3.05, 3.63) is 134 Å². The predicted molar refractivity (Wildman–Crippen MR) is 341 cm³/mol. The molecular weight excluding hydrogens is 1060 g/mol. The van der Waals surface area contributed by atoms with Crippen LogP contribution in [0.1, 0.15) is 206 Å². The summed E-state index contributed by atoms with van der Waals surface area (Å²) in [6, 6.07) is -0.973. The first-order valence-corrected chi connectivity index (χ1v) is 32.4. The highest BCUT2D eigenvalue weighted by atomic mass is 16.7. The zero-order valence-corrected chi connectivity index (χ0v) is 51.6. The summed E-state index contributed by atoms with van der Waals surface area (Å²) < 4.78 is 22.8. The van der Waals surface area contributed by atoms with E-state index >= 15 is 0 Å². The summed E-state index contributed by atoms with van der Waals surface area (Å²) in [5, 5.41) is 87.2. The Balaban J connectivity index is 1.79. The number of amides is 1. The second kappa shape index (κ2) is 53.4. The molecular formula is C70H115NO13. The van der Waals surface area contributed by atoms with Crippen molar-refractivity contribution >= 4 is 5.91 Å². The molecule has 0 aromatic heterocycles. The Morgan fingerprint density at radius 1 is 0.440 bits per heavy atom. The van der Waals surface area contributed by atoms with Gasteiger partial charge in [0.25, 0.3) is 0 Å². The van der Waals surface area contributed by atoms with Crippen molar-refractivity contribution < 1.29 is 64.6 Å². The minimum atomic E-state index is -1.80. The highest BCUT2D eigenvalue weighted by molar-refractivity contribution is 5.76. The van der Waals surface area contributed by atoms with E-state index in [1.165, 1.54) is 83.5 Å². The van der Waals surface area contributed by atoms with E-state index in [0.717, 1.165) is 89.9 Å². The van der Waals surface area contributed by atoms with Crippen LogP contribution in [0.25, 0.3) is 0 Å². The van der Waals surface area contributed by atoms with Crippen LogP contribution < -0.4 is 5.32 Å². The molecule has 478 valence electrons. The molecule has 12 atom stereocenters. The summed E-state index contributed by atoms with van der Waals surface area (Å²) in [5.41, 5.74) is 0. The monoisotopic (exact) mass is 1180 g/mol. The number of hydrogen-bond acceptors (Lipinski definition) is 13. The normalized spacial score (nSPS) is 24.6. The summed E-state index contributed by atoms with van der Waals surface area (Å²) >= 11 is 0. The first kappa shape index (κ1) is 76.2. The van der Waals surface area contributed by atoms with Gasteiger partial charge in [-0.1, -0.05) is 225 Å². The van der Waals surface area contributed by atoms with Crippen molar-refractivity contribution in [1.82, 2.24) is 5.32 Å². The maximum atomic E-state index is 13.3. The van der Waals surface area contributed by atoms with Crippen LogP contribution in [-0.2, 0) is 23.7 Å². The Labute approximate surface area is 507 Å². The van der Waals surface area contributed by atoms with Crippen LogP contribution in [0, 0.1) is 0 Å². The first-order valence-electron chi connectivity index (χ1n) is 32.4. The number of allylic oxidation sites excluding steroid dienone is 21. The molecule has 2 saturated heterocycles. The maximum absolute atomic E-state index is 13.3. The molecule has 0 spiro atoms. The van der Waals surface area contributed by atoms with E-state index in [9.17, 15) is 45.6 Å². The Morgan fingerprint density at radius 3 is 1.31 bits per heavy atom. The lowest BCUT2D eigenvalue weighted by Crippen LogP contribution is -2.65. The van der Waals surface area contributed by atoms with Gasteiger partial charge in [0.05, 0.1) is 32.0 Å². The Kier molecular flexibility index (Phi) is 48.4. The van der Waals surface area contributed by atoms with E-state index in [0.29, 0.717) is 12.8 Å². The van der Waals surface area contributed by atoms with Gasteiger partial charge in [-0.25, -0.2) is 0 Å². The SMILES string of the molecule is CC/C=C\C/C=C\C/C=C\C/C=C\C/C=C\C/C=C\C/C=C\C/C=C\CCCCC(=O)NC(COC1OC(CO)C(OC2OC(CO)C(O)C(O)C2O)C(O)C1O)C(O)/C=C/CC/C=C/CC/C=C/CCCCCCCCCCCCCCC. The summed E-state index contributed by atoms with van der Waals surface area (Å²) in [4.78, 5) is 13.3. The van der Waals surface area contributed by atoms with Crippen LogP contribution in [0.5, 0.6) is 0 Å². The number of aliphatic hydroxyl groups is 8. The molecule has 9 N–H and O–H groups in total. The van der Waals surface area contributed by atoms with E-state index in [2.05, 4.69) is 141 Å². The minimum absolute atomic E-state index is 0.205. The zero-order valence-electron chi connectivity index (χ0n) is 51.6. The van der Waals surface area contributed by atoms with Gasteiger partial charge >= 0.3 is 0 Å². The molecule has 2 rings (SSSR count). The minimum Gasteiger partial charge on any atom is -0.394 e. The van der Waals surface area contributed by atoms with Gasteiger partial charge in [0.1, 0.15) is 48.8 Å². The van der Waals surface area contributed by atoms with Crippen molar-refractivity contribution in [2.24, 2.45) is 0 Å². The molecule has 0 aromatic rings. The largest absolute Gasteiger partial charge is 0.394 e. The summed E-state index contributed by atoms with van der Waals surface area (Å²) in [7, 11) is 0. The van der Waals surface area contributed by atoms with Crippen LogP contribution in [0.4, 0.5) is 0 Å². The fourth-order valence-electron chi connectivity index (χ4n) is 9.63. The number of carbonyl (C=O) groups excluding carboxylic acids is 1. The molecule has 0 saturated carbocycles. The highest BCUT2D eigenvalue weighted by Crippen LogP contribution is 2.30. The lowest BCUT2D eigenvalue weighted by Gasteiger charge is -2.46. The van der Waals surface area contributed by atoms with Gasteiger partial charge in [-0.2, -0.15) is 0 Å². The van der Waals surface area contributed by atoms with E-state index < -0.39 is 86.8 Å². The van der Waals surface area contributed by atoms with Crippen molar-refractivity contribution in [3.8, 4) is 0 Å². The van der Waals surface area contributed by atoms with E-state index in [4.69, 9.17) is 18.9 Å². The van der Waals surface area contributed by atoms with E-state index in [-0.39, 0.29) is 18.9 Å². The van der Waals surface area contributed by atoms with Gasteiger partial charge < -0.3 is 65.1 Å². The first-order chi connectivity index (χ1) is 41.1. The Bertz CT molecular complexity index is 1920. The molecule has 0 bridgehead atoms. The van der Waals surface area contributed by atoms with Gasteiger partial charge in [-0.3, -0.25) is 4.79 Å². The van der Waals surface area contributed by atoms with Crippen LogP contribution >= 0.6 is 0 Å². The average Bonchev–Trinajstić information content (AvgIpc) is 3.62. The second-order valence-electron chi connectivity index (χ2n) is 22.1. The second-order valence-corrected chi connectivity index (χ2v) is 22.1. The maximum Gasteiger partial charge on any atom is 0.220 e. The van der Waals surface area contributed by atoms with Crippen molar-refractivity contribution in [2.45, 2.75) is 280 Å². The van der Waals surface area contributed by atoms with Crippen molar-refractivity contribution in [3.63, 3.8) is 0 Å². The molecule has 1 amide bonds. The van der Waals surface area contributed by atoms with Crippen molar-refractivity contribution in [2.75, 3.05) is 19.8 Å². The molecule has 2 aliphatic heterocycles. The van der Waals surface area contributed by atoms with Crippen LogP contribution in [0.3, 0.4) is 0 Å². The number of unbranched alkanes of at least 4 members (excludes halogenated alkanes) is 17. The third kappa shape index (κ3) is 37.6. The smallest absolute Gasteiger partial charge is 0.220 e. The van der Waals surface area contributed by atoms with Gasteiger partial charge in [-0.15, -0.1) is 0 Å². The third-order valence-corrected chi connectivity index (χ3v) is 14.8. The van der Waals surface area contributed by atoms with Gasteiger partial charge in [-0.05, 0) is 109 Å². The van der Waals surface area contributed by atoms with Gasteiger partial charge in [0, 0.05) is 6.42 Å². The van der Waals surface area contributed by atoms with Crippen LogP contribution in [-0.4, -0.2) is 140 Å². The summed E-state index contributed by atoms with van der Waals surface area (Å²) in [6.45, 7) is 2.62. The summed E-state index contributed by atoms with van der Waals surface area (Å²) in [5.74, 6) is -0.301. The van der Waals surface area contributed by atoms with Gasteiger partial charge in [0.15, 0.2) is 12.6 Å². The molecule has 84 heavy (non-hydrogen) atoms. The fourth-order valence-corrected chi connectivity index (χ4v) is 9.63. The lowest BCUT2D eigenvalue weighted by atomic mass is 9.97. The molecule has 2 aliphatic rings.